The quantitative estimate of drug-likeness (QED) is 0.189. The molecular weight excluding hydrogens is 623 g/mol. The normalized spacial score (nSPS) is 10.7. The molecule has 0 fully saturated rings. The molecule has 0 N–H and O–H groups in total. The van der Waals surface area contributed by atoms with E-state index in [0.29, 0.717) is 17.0 Å². The monoisotopic (exact) mass is 657 g/mol. The van der Waals surface area contributed by atoms with Gasteiger partial charge in [0, 0.05) is 43.8 Å². The first-order chi connectivity index (χ1) is 25.2. The van der Waals surface area contributed by atoms with Crippen LogP contribution in [0.1, 0.15) is 38.8 Å². The average Bonchev–Trinajstić information content (AvgIpc) is 3.73. The molecule has 5 heteroatoms. The minimum atomic E-state index is 0.589. The number of rotatable bonds is 4. The fourth-order valence-electron chi connectivity index (χ4n) is 6.89. The Balaban J connectivity index is 0.000000983. The lowest BCUT2D eigenvalue weighted by atomic mass is 9.92. The van der Waals surface area contributed by atoms with E-state index < -0.39 is 0 Å². The zero-order valence-electron chi connectivity index (χ0n) is 29.0. The Bertz CT molecular complexity index is 2570. The summed E-state index contributed by atoms with van der Waals surface area (Å²) in [6, 6.07) is 51.5. The molecule has 5 nitrogen and oxygen atoms in total. The van der Waals surface area contributed by atoms with Crippen LogP contribution in [0.4, 0.5) is 0 Å². The lowest BCUT2D eigenvalue weighted by Gasteiger charge is -2.17. The van der Waals surface area contributed by atoms with Crippen molar-refractivity contribution < 1.29 is 0 Å². The predicted molar refractivity (Wildman–Crippen MR) is 211 cm³/mol. The molecule has 51 heavy (non-hydrogen) atoms. The summed E-state index contributed by atoms with van der Waals surface area (Å²) in [5.41, 5.74) is 10.7. The van der Waals surface area contributed by atoms with Crippen LogP contribution in [-0.2, 0) is 0 Å². The van der Waals surface area contributed by atoms with Gasteiger partial charge in [-0.2, -0.15) is 10.5 Å². The van der Waals surface area contributed by atoms with E-state index in [4.69, 9.17) is 9.97 Å². The van der Waals surface area contributed by atoms with Crippen molar-refractivity contribution in [2.24, 2.45) is 0 Å². The molecule has 244 valence electrons. The van der Waals surface area contributed by atoms with E-state index in [0.717, 1.165) is 77.3 Å². The van der Waals surface area contributed by atoms with E-state index in [2.05, 4.69) is 52.9 Å². The van der Waals surface area contributed by atoms with E-state index in [9.17, 15) is 10.5 Å². The topological polar surface area (TPSA) is 77.8 Å². The Labute approximate surface area is 297 Å². The second kappa shape index (κ2) is 14.0. The van der Waals surface area contributed by atoms with Gasteiger partial charge in [-0.1, -0.05) is 131 Å². The summed E-state index contributed by atoms with van der Waals surface area (Å²) in [5, 5.41) is 23.8. The molecule has 0 unspecified atom stereocenters. The third-order valence-corrected chi connectivity index (χ3v) is 8.97. The number of aromatic nitrogens is 3. The summed E-state index contributed by atoms with van der Waals surface area (Å²) in [6.45, 7) is 8.00. The van der Waals surface area contributed by atoms with Crippen molar-refractivity contribution in [3.05, 3.63) is 151 Å². The first kappa shape index (κ1) is 32.7. The van der Waals surface area contributed by atoms with E-state index in [-0.39, 0.29) is 0 Å². The molecule has 0 amide bonds. The zero-order valence-corrected chi connectivity index (χ0v) is 29.0. The number of benzene rings is 6. The molecule has 0 aliphatic rings. The van der Waals surface area contributed by atoms with Gasteiger partial charge in [0.2, 0.25) is 0 Å². The molecule has 0 radical (unpaired) electrons. The highest BCUT2D eigenvalue weighted by Crippen LogP contribution is 2.46. The van der Waals surface area contributed by atoms with Crippen molar-refractivity contribution in [2.75, 3.05) is 0 Å². The summed E-state index contributed by atoms with van der Waals surface area (Å²) in [7, 11) is 0. The highest BCUT2D eigenvalue weighted by Gasteiger charge is 2.24. The van der Waals surface area contributed by atoms with Gasteiger partial charge in [0.1, 0.15) is 0 Å². The van der Waals surface area contributed by atoms with Crippen LogP contribution < -0.4 is 0 Å². The number of nitriles is 2. The molecule has 0 bridgehead atoms. The van der Waals surface area contributed by atoms with E-state index in [1.165, 1.54) is 0 Å². The SMILES string of the molecule is CC.CC.N#Cc1ccc2c3cc(-c4c(-c5ccccc5)nc(-c5ccccc5)nc4-c4ccccc4)cc4c5ccc(C#N)cc5n(c2c1)c34. The summed E-state index contributed by atoms with van der Waals surface area (Å²) in [5.74, 6) is 0.660. The van der Waals surface area contributed by atoms with Gasteiger partial charge in [-0.15, -0.1) is 0 Å². The Morgan fingerprint density at radius 1 is 0.451 bits per heavy atom. The minimum absolute atomic E-state index is 0.589. The maximum atomic E-state index is 9.78. The summed E-state index contributed by atoms with van der Waals surface area (Å²) >= 11 is 0. The van der Waals surface area contributed by atoms with Crippen LogP contribution >= 0.6 is 0 Å². The molecular formula is C46H35N5. The largest absolute Gasteiger partial charge is 0.308 e. The van der Waals surface area contributed by atoms with Gasteiger partial charge in [0.05, 0.1) is 51.2 Å². The van der Waals surface area contributed by atoms with Gasteiger partial charge in [-0.25, -0.2) is 9.97 Å². The molecule has 0 saturated heterocycles. The fourth-order valence-corrected chi connectivity index (χ4v) is 6.89. The maximum Gasteiger partial charge on any atom is 0.160 e. The fraction of sp³-hybridized carbons (Fsp3) is 0.0870. The van der Waals surface area contributed by atoms with E-state index in [1.54, 1.807) is 0 Å². The third kappa shape index (κ3) is 5.52. The molecule has 0 saturated carbocycles. The van der Waals surface area contributed by atoms with Crippen molar-refractivity contribution in [3.63, 3.8) is 0 Å². The number of hydrogen-bond acceptors (Lipinski definition) is 4. The average molecular weight is 658 g/mol. The summed E-state index contributed by atoms with van der Waals surface area (Å²) in [6.07, 6.45) is 0. The minimum Gasteiger partial charge on any atom is -0.308 e. The maximum absolute atomic E-state index is 9.78. The number of nitrogens with zero attached hydrogens (tertiary/aromatic N) is 5. The van der Waals surface area contributed by atoms with Crippen molar-refractivity contribution >= 4 is 38.1 Å². The molecule has 3 aromatic heterocycles. The van der Waals surface area contributed by atoms with Crippen LogP contribution in [0.3, 0.4) is 0 Å². The highest BCUT2D eigenvalue weighted by atomic mass is 14.9. The zero-order chi connectivity index (χ0) is 35.5. The molecule has 0 aliphatic heterocycles. The Morgan fingerprint density at radius 3 is 1.27 bits per heavy atom. The highest BCUT2D eigenvalue weighted by molar-refractivity contribution is 6.25. The molecule has 3 heterocycles. The van der Waals surface area contributed by atoms with E-state index in [1.807, 2.05) is 131 Å². The molecule has 0 atom stereocenters. The van der Waals surface area contributed by atoms with Gasteiger partial charge in [0.25, 0.3) is 0 Å². The third-order valence-electron chi connectivity index (χ3n) is 8.97. The van der Waals surface area contributed by atoms with Crippen LogP contribution in [0, 0.1) is 22.7 Å². The summed E-state index contributed by atoms with van der Waals surface area (Å²) in [4.78, 5) is 10.6. The number of hydrogen-bond donors (Lipinski definition) is 0. The Hall–Kier alpha value is -6.82. The van der Waals surface area contributed by atoms with Crippen LogP contribution in [0.2, 0.25) is 0 Å². The second-order valence-corrected chi connectivity index (χ2v) is 11.7. The lowest BCUT2D eigenvalue weighted by Crippen LogP contribution is -2.00. The van der Waals surface area contributed by atoms with Crippen LogP contribution in [-0.4, -0.2) is 14.4 Å². The predicted octanol–water partition coefficient (Wildman–Crippen LogP) is 12.1. The van der Waals surface area contributed by atoms with Gasteiger partial charge in [-0.05, 0) is 42.0 Å². The van der Waals surface area contributed by atoms with Gasteiger partial charge in [-0.3, -0.25) is 0 Å². The van der Waals surface area contributed by atoms with E-state index >= 15 is 0 Å². The Morgan fingerprint density at radius 2 is 0.863 bits per heavy atom. The second-order valence-electron chi connectivity index (χ2n) is 11.7. The van der Waals surface area contributed by atoms with Crippen molar-refractivity contribution in [2.45, 2.75) is 27.7 Å². The lowest BCUT2D eigenvalue weighted by molar-refractivity contribution is 1.18. The molecule has 0 spiro atoms. The van der Waals surface area contributed by atoms with Gasteiger partial charge < -0.3 is 4.40 Å². The molecule has 0 aliphatic carbocycles. The van der Waals surface area contributed by atoms with Gasteiger partial charge >= 0.3 is 0 Å². The summed E-state index contributed by atoms with van der Waals surface area (Å²) < 4.78 is 2.20. The first-order valence-corrected chi connectivity index (χ1v) is 17.4. The van der Waals surface area contributed by atoms with Crippen LogP contribution in [0.5, 0.6) is 0 Å². The smallest absolute Gasteiger partial charge is 0.160 e. The van der Waals surface area contributed by atoms with Gasteiger partial charge in [0.15, 0.2) is 5.82 Å². The van der Waals surface area contributed by atoms with Crippen molar-refractivity contribution in [3.8, 4) is 57.2 Å². The molecule has 9 aromatic rings. The van der Waals surface area contributed by atoms with Crippen LogP contribution in [0.15, 0.2) is 140 Å². The molecule has 9 rings (SSSR count). The van der Waals surface area contributed by atoms with Crippen molar-refractivity contribution in [1.82, 2.24) is 14.4 Å². The standard InChI is InChI=1S/C42H23N5.2C2H6/c43-24-26-16-18-32-34-22-31(23-35-33-19-17-27(25-44)21-37(33)47(41(34)35)36(32)20-26)38-39(28-10-4-1-5-11-28)45-42(30-14-8-3-9-15-30)46-40(38)29-12-6-2-7-13-29;2*1-2/h1-23H;2*1-2H3. The number of fused-ring (bicyclic) bond motifs is 6. The Kier molecular flexibility index (Phi) is 8.96. The first-order valence-electron chi connectivity index (χ1n) is 17.4. The molecule has 6 aromatic carbocycles. The van der Waals surface area contributed by atoms with Crippen LogP contribution in [0.25, 0.3) is 83.1 Å². The van der Waals surface area contributed by atoms with Crippen molar-refractivity contribution in [1.29, 1.82) is 10.5 Å².